The van der Waals surface area contributed by atoms with E-state index in [0.29, 0.717) is 6.10 Å². The summed E-state index contributed by atoms with van der Waals surface area (Å²) in [4.78, 5) is 0. The van der Waals surface area contributed by atoms with Gasteiger partial charge in [0.25, 0.3) is 0 Å². The fourth-order valence-corrected chi connectivity index (χ4v) is 1.18. The van der Waals surface area contributed by atoms with Crippen molar-refractivity contribution in [3.63, 3.8) is 0 Å². The van der Waals surface area contributed by atoms with Gasteiger partial charge in [-0.2, -0.15) is 0 Å². The first kappa shape index (κ1) is 12.5. The van der Waals surface area contributed by atoms with Crippen LogP contribution in [0.15, 0.2) is 0 Å². The van der Waals surface area contributed by atoms with Crippen molar-refractivity contribution in [2.45, 2.75) is 51.2 Å². The summed E-state index contributed by atoms with van der Waals surface area (Å²) < 4.78 is 5.14. The van der Waals surface area contributed by atoms with Crippen molar-refractivity contribution < 1.29 is 4.74 Å². The van der Waals surface area contributed by atoms with Crippen LogP contribution in [0.2, 0.25) is 0 Å². The Kier molecular flexibility index (Phi) is 7.77. The van der Waals surface area contributed by atoms with Crippen LogP contribution in [0.3, 0.4) is 0 Å². The fourth-order valence-electron chi connectivity index (χ4n) is 1.18. The highest BCUT2D eigenvalue weighted by Gasteiger charge is 2.05. The molecule has 0 rings (SSSR count). The zero-order chi connectivity index (χ0) is 10.1. The monoisotopic (exact) mass is 183 g/mol. The minimum absolute atomic E-state index is 0.283. The van der Waals surface area contributed by atoms with E-state index in [0.717, 1.165) is 32.1 Å². The van der Waals surface area contributed by atoms with Gasteiger partial charge in [-0.15, -0.1) is 12.3 Å². The Hall–Kier alpha value is -0.520. The SMILES string of the molecule is C#CCCCC(N)CCC(C)OC. The van der Waals surface area contributed by atoms with E-state index in [2.05, 4.69) is 12.8 Å². The molecule has 76 valence electrons. The lowest BCUT2D eigenvalue weighted by Gasteiger charge is -2.13. The molecule has 0 aromatic carbocycles. The van der Waals surface area contributed by atoms with Crippen molar-refractivity contribution in [1.29, 1.82) is 0 Å². The van der Waals surface area contributed by atoms with Crippen LogP contribution >= 0.6 is 0 Å². The molecule has 0 radical (unpaired) electrons. The molecule has 0 spiro atoms. The van der Waals surface area contributed by atoms with E-state index in [1.165, 1.54) is 0 Å². The molecule has 2 N–H and O–H groups in total. The highest BCUT2D eigenvalue weighted by molar-refractivity contribution is 4.83. The summed E-state index contributed by atoms with van der Waals surface area (Å²) in [5, 5.41) is 0. The van der Waals surface area contributed by atoms with Crippen molar-refractivity contribution in [3.8, 4) is 12.3 Å². The van der Waals surface area contributed by atoms with Gasteiger partial charge in [0.2, 0.25) is 0 Å². The topological polar surface area (TPSA) is 35.2 Å². The van der Waals surface area contributed by atoms with Crippen molar-refractivity contribution >= 4 is 0 Å². The van der Waals surface area contributed by atoms with E-state index in [-0.39, 0.29) is 6.04 Å². The number of rotatable bonds is 7. The number of nitrogens with two attached hydrogens (primary N) is 1. The highest BCUT2D eigenvalue weighted by Crippen LogP contribution is 2.07. The van der Waals surface area contributed by atoms with Gasteiger partial charge >= 0.3 is 0 Å². The van der Waals surface area contributed by atoms with Crippen molar-refractivity contribution in [1.82, 2.24) is 0 Å². The third kappa shape index (κ3) is 7.83. The maximum Gasteiger partial charge on any atom is 0.0543 e. The standard InChI is InChI=1S/C11H21NO/c1-4-5-6-7-11(12)9-8-10(2)13-3/h1,10-11H,5-9,12H2,2-3H3. The number of hydrogen-bond acceptors (Lipinski definition) is 2. The van der Waals surface area contributed by atoms with Gasteiger partial charge in [-0.3, -0.25) is 0 Å². The number of ether oxygens (including phenoxy) is 1. The molecule has 0 aliphatic heterocycles. The van der Waals surface area contributed by atoms with Gasteiger partial charge in [-0.25, -0.2) is 0 Å². The molecule has 0 bridgehead atoms. The molecule has 0 fully saturated rings. The average Bonchev–Trinajstić information content (AvgIpc) is 2.14. The zero-order valence-electron chi connectivity index (χ0n) is 8.75. The van der Waals surface area contributed by atoms with Crippen LogP contribution in [-0.2, 0) is 4.74 Å². The molecule has 0 aliphatic rings. The fraction of sp³-hybridized carbons (Fsp3) is 0.818. The number of hydrogen-bond donors (Lipinski definition) is 1. The third-order valence-electron chi connectivity index (χ3n) is 2.24. The first-order valence-electron chi connectivity index (χ1n) is 4.92. The number of terminal acetylenes is 1. The summed E-state index contributed by atoms with van der Waals surface area (Å²) in [7, 11) is 1.73. The second-order valence-electron chi connectivity index (χ2n) is 3.48. The van der Waals surface area contributed by atoms with E-state index in [1.807, 2.05) is 0 Å². The van der Waals surface area contributed by atoms with Crippen LogP contribution in [0.4, 0.5) is 0 Å². The molecule has 13 heavy (non-hydrogen) atoms. The van der Waals surface area contributed by atoms with Gasteiger partial charge in [0.1, 0.15) is 0 Å². The van der Waals surface area contributed by atoms with Crippen LogP contribution in [0.1, 0.15) is 39.0 Å². The van der Waals surface area contributed by atoms with Crippen LogP contribution in [0.25, 0.3) is 0 Å². The summed E-state index contributed by atoms with van der Waals surface area (Å²) in [5.41, 5.74) is 5.89. The second-order valence-corrected chi connectivity index (χ2v) is 3.48. The molecule has 2 heteroatoms. The lowest BCUT2D eigenvalue weighted by Crippen LogP contribution is -2.21. The molecule has 0 aliphatic carbocycles. The Balaban J connectivity index is 3.30. The first-order chi connectivity index (χ1) is 6.20. The molecular weight excluding hydrogens is 162 g/mol. The summed E-state index contributed by atoms with van der Waals surface area (Å²) >= 11 is 0. The van der Waals surface area contributed by atoms with Gasteiger partial charge in [-0.1, -0.05) is 0 Å². The van der Waals surface area contributed by atoms with Crippen molar-refractivity contribution in [2.75, 3.05) is 7.11 Å². The largest absolute Gasteiger partial charge is 0.382 e. The van der Waals surface area contributed by atoms with Gasteiger partial charge < -0.3 is 10.5 Å². The predicted octanol–water partition coefficient (Wildman–Crippen LogP) is 1.93. The molecule has 2 atom stereocenters. The Labute approximate surface area is 81.8 Å². The summed E-state index contributed by atoms with van der Waals surface area (Å²) in [6.07, 6.45) is 10.4. The summed E-state index contributed by atoms with van der Waals surface area (Å²) in [5.74, 6) is 2.62. The van der Waals surface area contributed by atoms with Crippen LogP contribution in [0.5, 0.6) is 0 Å². The lowest BCUT2D eigenvalue weighted by molar-refractivity contribution is 0.107. The minimum Gasteiger partial charge on any atom is -0.382 e. The molecular formula is C11H21NO. The van der Waals surface area contributed by atoms with E-state index < -0.39 is 0 Å². The van der Waals surface area contributed by atoms with Gasteiger partial charge in [-0.05, 0) is 32.6 Å². The predicted molar refractivity (Wildman–Crippen MR) is 56.4 cm³/mol. The Bertz CT molecular complexity index is 151. The molecule has 0 aromatic heterocycles. The molecule has 0 saturated heterocycles. The van der Waals surface area contributed by atoms with E-state index in [4.69, 9.17) is 16.9 Å². The summed E-state index contributed by atoms with van der Waals surface area (Å²) in [6, 6.07) is 0.283. The average molecular weight is 183 g/mol. The lowest BCUT2D eigenvalue weighted by atomic mass is 10.0. The molecule has 2 nitrogen and oxygen atoms in total. The van der Waals surface area contributed by atoms with Crippen molar-refractivity contribution in [2.24, 2.45) is 5.73 Å². The minimum atomic E-state index is 0.283. The van der Waals surface area contributed by atoms with Crippen LogP contribution in [-0.4, -0.2) is 19.3 Å². The first-order valence-corrected chi connectivity index (χ1v) is 4.92. The Morgan fingerprint density at radius 3 is 2.62 bits per heavy atom. The highest BCUT2D eigenvalue weighted by atomic mass is 16.5. The molecule has 2 unspecified atom stereocenters. The molecule has 0 amide bonds. The normalized spacial score (nSPS) is 14.9. The molecule has 0 saturated carbocycles. The van der Waals surface area contributed by atoms with Gasteiger partial charge in [0.05, 0.1) is 6.10 Å². The second kappa shape index (κ2) is 8.10. The van der Waals surface area contributed by atoms with Gasteiger partial charge in [0, 0.05) is 19.6 Å². The smallest absolute Gasteiger partial charge is 0.0543 e. The van der Waals surface area contributed by atoms with E-state index in [1.54, 1.807) is 7.11 Å². The maximum absolute atomic E-state index is 5.89. The molecule has 0 aromatic rings. The quantitative estimate of drug-likeness (QED) is 0.483. The maximum atomic E-state index is 5.89. The third-order valence-corrected chi connectivity index (χ3v) is 2.24. The van der Waals surface area contributed by atoms with Gasteiger partial charge in [0.15, 0.2) is 0 Å². The number of unbranched alkanes of at least 4 members (excludes halogenated alkanes) is 1. The Morgan fingerprint density at radius 1 is 1.38 bits per heavy atom. The summed E-state index contributed by atoms with van der Waals surface area (Å²) in [6.45, 7) is 2.06. The molecule has 0 heterocycles. The van der Waals surface area contributed by atoms with Crippen LogP contribution < -0.4 is 5.73 Å². The van der Waals surface area contributed by atoms with E-state index in [9.17, 15) is 0 Å². The Morgan fingerprint density at radius 2 is 2.08 bits per heavy atom. The van der Waals surface area contributed by atoms with E-state index >= 15 is 0 Å². The van der Waals surface area contributed by atoms with Crippen molar-refractivity contribution in [3.05, 3.63) is 0 Å². The zero-order valence-corrected chi connectivity index (χ0v) is 8.75. The number of methoxy groups -OCH3 is 1. The van der Waals surface area contributed by atoms with Crippen LogP contribution in [0, 0.1) is 12.3 Å².